The summed E-state index contributed by atoms with van der Waals surface area (Å²) < 4.78 is 27.6. The van der Waals surface area contributed by atoms with E-state index < -0.39 is 10.0 Å². The highest BCUT2D eigenvalue weighted by molar-refractivity contribution is 7.89. The van der Waals surface area contributed by atoms with Crippen molar-refractivity contribution < 1.29 is 13.2 Å². The van der Waals surface area contributed by atoms with E-state index in [1.807, 2.05) is 17.5 Å². The second-order valence-electron chi connectivity index (χ2n) is 7.25. The van der Waals surface area contributed by atoms with Gasteiger partial charge in [0.2, 0.25) is 10.0 Å². The number of thiophene rings is 1. The number of sulfonamides is 1. The predicted molar refractivity (Wildman–Crippen MR) is 112 cm³/mol. The van der Waals surface area contributed by atoms with Crippen LogP contribution in [-0.2, 0) is 16.6 Å². The van der Waals surface area contributed by atoms with Crippen LogP contribution in [0.5, 0.6) is 0 Å². The zero-order chi connectivity index (χ0) is 20.0. The first-order chi connectivity index (χ1) is 13.4. The third kappa shape index (κ3) is 5.88. The van der Waals surface area contributed by atoms with Crippen molar-refractivity contribution in [3.63, 3.8) is 0 Å². The minimum atomic E-state index is -3.67. The molecule has 0 bridgehead atoms. The molecule has 1 amide bonds. The molecule has 0 radical (unpaired) electrons. The first-order valence-corrected chi connectivity index (χ1v) is 11.9. The molecular formula is C20H27N3O3S2. The van der Waals surface area contributed by atoms with Crippen LogP contribution in [0.15, 0.2) is 46.7 Å². The molecule has 2 N–H and O–H groups in total. The van der Waals surface area contributed by atoms with Gasteiger partial charge < -0.3 is 10.2 Å². The van der Waals surface area contributed by atoms with E-state index in [0.717, 1.165) is 24.5 Å². The lowest BCUT2D eigenvalue weighted by Gasteiger charge is -2.20. The molecule has 0 spiro atoms. The Bertz CT molecular complexity index is 876. The van der Waals surface area contributed by atoms with E-state index in [0.29, 0.717) is 18.0 Å². The lowest BCUT2D eigenvalue weighted by Crippen LogP contribution is -2.34. The number of hydrogen-bond donors (Lipinski definition) is 2. The van der Waals surface area contributed by atoms with Crippen molar-refractivity contribution in [1.29, 1.82) is 0 Å². The Labute approximate surface area is 171 Å². The molecule has 152 valence electrons. The van der Waals surface area contributed by atoms with Crippen LogP contribution >= 0.6 is 11.3 Å². The van der Waals surface area contributed by atoms with Crippen molar-refractivity contribution in [1.82, 2.24) is 14.9 Å². The maximum Gasteiger partial charge on any atom is 0.251 e. The van der Waals surface area contributed by atoms with Crippen LogP contribution in [0, 0.1) is 5.92 Å². The molecule has 3 rings (SSSR count). The van der Waals surface area contributed by atoms with Gasteiger partial charge in [0, 0.05) is 30.1 Å². The van der Waals surface area contributed by atoms with E-state index in [1.54, 1.807) is 12.1 Å². The van der Waals surface area contributed by atoms with Gasteiger partial charge in [-0.25, -0.2) is 13.1 Å². The second kappa shape index (κ2) is 9.65. The number of amides is 1. The Kier molecular flexibility index (Phi) is 7.23. The van der Waals surface area contributed by atoms with E-state index in [9.17, 15) is 13.2 Å². The molecule has 1 fully saturated rings. The summed E-state index contributed by atoms with van der Waals surface area (Å²) in [7, 11) is -3.67. The molecule has 1 aromatic carbocycles. The maximum absolute atomic E-state index is 12.5. The van der Waals surface area contributed by atoms with Crippen molar-refractivity contribution in [2.75, 3.05) is 26.2 Å². The fourth-order valence-corrected chi connectivity index (χ4v) is 5.09. The summed E-state index contributed by atoms with van der Waals surface area (Å²) >= 11 is 1.49. The SMILES string of the molecule is CC(CNC(=O)c1cccc(S(=O)(=O)NCc2cccs2)c1)CN1CCCC1. The smallest absolute Gasteiger partial charge is 0.251 e. The van der Waals surface area contributed by atoms with Gasteiger partial charge in [-0.15, -0.1) is 11.3 Å². The summed E-state index contributed by atoms with van der Waals surface area (Å²) in [5.41, 5.74) is 0.354. The Morgan fingerprint density at radius 3 is 2.71 bits per heavy atom. The van der Waals surface area contributed by atoms with Gasteiger partial charge in [0.1, 0.15) is 0 Å². The Morgan fingerprint density at radius 1 is 1.21 bits per heavy atom. The Balaban J connectivity index is 1.56. The van der Waals surface area contributed by atoms with Crippen molar-refractivity contribution in [2.45, 2.75) is 31.2 Å². The minimum absolute atomic E-state index is 0.0989. The average molecular weight is 422 g/mol. The number of rotatable bonds is 9. The molecule has 1 unspecified atom stereocenters. The van der Waals surface area contributed by atoms with Crippen LogP contribution < -0.4 is 10.0 Å². The third-order valence-corrected chi connectivity index (χ3v) is 7.08. The van der Waals surface area contributed by atoms with Gasteiger partial charge >= 0.3 is 0 Å². The lowest BCUT2D eigenvalue weighted by molar-refractivity contribution is 0.0945. The molecule has 1 aliphatic heterocycles. The summed E-state index contributed by atoms with van der Waals surface area (Å²) in [6, 6.07) is 9.92. The van der Waals surface area contributed by atoms with E-state index >= 15 is 0 Å². The molecule has 2 aromatic rings. The van der Waals surface area contributed by atoms with E-state index in [-0.39, 0.29) is 17.3 Å². The second-order valence-corrected chi connectivity index (χ2v) is 10.1. The summed E-state index contributed by atoms with van der Waals surface area (Å²) in [6.07, 6.45) is 2.50. The standard InChI is InChI=1S/C20H27N3O3S2/c1-16(15-23-9-2-3-10-23)13-21-20(24)17-6-4-8-19(12-17)28(25,26)22-14-18-7-5-11-27-18/h4-8,11-12,16,22H,2-3,9-10,13-15H2,1H3,(H,21,24). The van der Waals surface area contributed by atoms with Gasteiger partial charge in [-0.1, -0.05) is 19.1 Å². The highest BCUT2D eigenvalue weighted by atomic mass is 32.2. The normalized spacial score (nSPS) is 16.2. The van der Waals surface area contributed by atoms with E-state index in [2.05, 4.69) is 21.9 Å². The van der Waals surface area contributed by atoms with Crippen LogP contribution in [0.4, 0.5) is 0 Å². The first-order valence-electron chi connectivity index (χ1n) is 9.57. The molecule has 28 heavy (non-hydrogen) atoms. The van der Waals surface area contributed by atoms with E-state index in [4.69, 9.17) is 0 Å². The number of nitrogens with zero attached hydrogens (tertiary/aromatic N) is 1. The molecule has 0 saturated carbocycles. The molecule has 1 aliphatic rings. The number of carbonyl (C=O) groups is 1. The topological polar surface area (TPSA) is 78.5 Å². The van der Waals surface area contributed by atoms with Gasteiger partial charge in [0.25, 0.3) is 5.91 Å². The van der Waals surface area contributed by atoms with Crippen LogP contribution in [0.3, 0.4) is 0 Å². The molecule has 6 nitrogen and oxygen atoms in total. The van der Waals surface area contributed by atoms with Crippen molar-refractivity contribution in [3.05, 3.63) is 52.2 Å². The lowest BCUT2D eigenvalue weighted by atomic mass is 10.1. The number of likely N-dealkylation sites (tertiary alicyclic amines) is 1. The highest BCUT2D eigenvalue weighted by Crippen LogP contribution is 2.14. The quantitative estimate of drug-likeness (QED) is 0.653. The molecule has 2 heterocycles. The predicted octanol–water partition coefficient (Wildman–Crippen LogP) is 2.69. The Hall–Kier alpha value is -1.74. The maximum atomic E-state index is 12.5. The van der Waals surface area contributed by atoms with E-state index in [1.165, 1.54) is 36.3 Å². The zero-order valence-corrected chi connectivity index (χ0v) is 17.7. The fraction of sp³-hybridized carbons (Fsp3) is 0.450. The number of hydrogen-bond acceptors (Lipinski definition) is 5. The van der Waals surface area contributed by atoms with Gasteiger partial charge in [-0.2, -0.15) is 0 Å². The van der Waals surface area contributed by atoms with Crippen LogP contribution in [-0.4, -0.2) is 45.4 Å². The van der Waals surface area contributed by atoms with Gasteiger partial charge in [0.15, 0.2) is 0 Å². The van der Waals surface area contributed by atoms with Crippen LogP contribution in [0.1, 0.15) is 35.0 Å². The molecule has 1 aromatic heterocycles. The number of carbonyl (C=O) groups excluding carboxylic acids is 1. The Morgan fingerprint density at radius 2 is 2.00 bits per heavy atom. The van der Waals surface area contributed by atoms with Crippen LogP contribution in [0.2, 0.25) is 0 Å². The van der Waals surface area contributed by atoms with Crippen molar-refractivity contribution >= 4 is 27.3 Å². The summed E-state index contributed by atoms with van der Waals surface area (Å²) in [4.78, 5) is 15.9. The summed E-state index contributed by atoms with van der Waals surface area (Å²) in [6.45, 7) is 6.18. The molecule has 1 saturated heterocycles. The molecule has 1 atom stereocenters. The van der Waals surface area contributed by atoms with Crippen LogP contribution in [0.25, 0.3) is 0 Å². The number of nitrogens with one attached hydrogen (secondary N) is 2. The number of benzene rings is 1. The zero-order valence-electron chi connectivity index (χ0n) is 16.1. The van der Waals surface area contributed by atoms with Gasteiger partial charge in [-0.3, -0.25) is 4.79 Å². The summed E-state index contributed by atoms with van der Waals surface area (Å²) in [5.74, 6) is 0.102. The summed E-state index contributed by atoms with van der Waals surface area (Å²) in [5, 5.41) is 4.83. The molecule has 0 aliphatic carbocycles. The van der Waals surface area contributed by atoms with Crippen molar-refractivity contribution in [3.8, 4) is 0 Å². The monoisotopic (exact) mass is 421 g/mol. The van der Waals surface area contributed by atoms with Gasteiger partial charge in [0.05, 0.1) is 4.90 Å². The fourth-order valence-electron chi connectivity index (χ4n) is 3.31. The largest absolute Gasteiger partial charge is 0.352 e. The molecule has 8 heteroatoms. The van der Waals surface area contributed by atoms with Gasteiger partial charge in [-0.05, 0) is 61.5 Å². The first kappa shape index (κ1) is 21.0. The minimum Gasteiger partial charge on any atom is -0.352 e. The average Bonchev–Trinajstić information content (AvgIpc) is 3.39. The highest BCUT2D eigenvalue weighted by Gasteiger charge is 2.18. The third-order valence-electron chi connectivity index (χ3n) is 4.80. The van der Waals surface area contributed by atoms with Crippen molar-refractivity contribution in [2.24, 2.45) is 5.92 Å². The molecular weight excluding hydrogens is 394 g/mol.